The van der Waals surface area contributed by atoms with Gasteiger partial charge in [0.25, 0.3) is 5.89 Å². The molecule has 0 atom stereocenters. The Hall–Kier alpha value is -3.70. The smallest absolute Gasteiger partial charge is 0.270 e. The van der Waals surface area contributed by atoms with Crippen molar-refractivity contribution in [3.05, 3.63) is 54.4 Å². The first-order chi connectivity index (χ1) is 15.8. The number of rotatable bonds is 7. The summed E-state index contributed by atoms with van der Waals surface area (Å²) in [6, 6.07) is 10.8. The number of hydrogen-bond donors (Lipinski definition) is 2. The summed E-state index contributed by atoms with van der Waals surface area (Å²) in [5, 5.41) is 10.7. The molecule has 0 saturated heterocycles. The number of anilines is 1. The molecule has 11 heteroatoms. The van der Waals surface area contributed by atoms with Gasteiger partial charge in [0.2, 0.25) is 5.89 Å². The molecule has 3 heterocycles. The van der Waals surface area contributed by atoms with Crippen molar-refractivity contribution in [2.24, 2.45) is 0 Å². The van der Waals surface area contributed by atoms with E-state index in [1.54, 1.807) is 19.9 Å². The molecule has 176 valence electrons. The average Bonchev–Trinajstić information content (AvgIpc) is 3.30. The van der Waals surface area contributed by atoms with Crippen LogP contribution in [0.3, 0.4) is 0 Å². The molecule has 4 rings (SSSR count). The van der Waals surface area contributed by atoms with Gasteiger partial charge in [-0.05, 0) is 50.7 Å². The fourth-order valence-corrected chi connectivity index (χ4v) is 4.06. The number of nitrogens with one attached hydrogen (secondary N) is 1. The molecule has 3 N–H and O–H groups in total. The maximum absolute atomic E-state index is 12.3. The van der Waals surface area contributed by atoms with E-state index in [-0.39, 0.29) is 26.6 Å². The quantitative estimate of drug-likeness (QED) is 0.410. The largest absolute Gasteiger partial charge is 0.414 e. The van der Waals surface area contributed by atoms with Crippen molar-refractivity contribution in [3.63, 3.8) is 0 Å². The predicted molar refractivity (Wildman–Crippen MR) is 130 cm³/mol. The zero-order valence-electron chi connectivity index (χ0n) is 18.3. The highest BCUT2D eigenvalue weighted by molar-refractivity contribution is 7.92. The number of nitrogen functional groups attached to an aromatic ring is 1. The number of sulfone groups is 1. The molecular formula is C22H29N7O3S. The Bertz CT molecular complexity index is 1380. The molecule has 0 unspecified atom stereocenters. The molecule has 0 aliphatic rings. The predicted octanol–water partition coefficient (Wildman–Crippen LogP) is 3.48. The second-order valence-corrected chi connectivity index (χ2v) is 10.1. The van der Waals surface area contributed by atoms with E-state index in [9.17, 15) is 8.42 Å². The zero-order chi connectivity index (χ0) is 23.6. The first-order valence-corrected chi connectivity index (χ1v) is 11.7. The molecule has 0 aliphatic carbocycles. The molecule has 33 heavy (non-hydrogen) atoms. The van der Waals surface area contributed by atoms with Crippen LogP contribution < -0.4 is 11.1 Å². The van der Waals surface area contributed by atoms with E-state index < -0.39 is 15.1 Å². The number of nitrogens with two attached hydrogens (primary N) is 1. The average molecular weight is 472 g/mol. The van der Waals surface area contributed by atoms with Gasteiger partial charge in [-0.3, -0.25) is 4.98 Å². The lowest BCUT2D eigenvalue weighted by atomic mass is 10.1. The summed E-state index contributed by atoms with van der Waals surface area (Å²) in [7, 11) is -1.53. The number of nitrogens with zero attached hydrogens (tertiary/aromatic N) is 5. The van der Waals surface area contributed by atoms with Crippen LogP contribution in [0.4, 0.5) is 5.82 Å². The fraction of sp³-hybridized carbons (Fsp3) is 0.227. The van der Waals surface area contributed by atoms with Crippen molar-refractivity contribution < 1.29 is 17.1 Å². The Morgan fingerprint density at radius 1 is 1.00 bits per heavy atom. The lowest BCUT2D eigenvalue weighted by molar-refractivity contribution is 0.582. The van der Waals surface area contributed by atoms with Gasteiger partial charge in [0, 0.05) is 22.6 Å². The molecule has 10 nitrogen and oxygen atoms in total. The first kappa shape index (κ1) is 22.5. The second kappa shape index (κ2) is 9.04. The Morgan fingerprint density at radius 2 is 1.73 bits per heavy atom. The van der Waals surface area contributed by atoms with Gasteiger partial charge in [-0.2, -0.15) is 0 Å². The van der Waals surface area contributed by atoms with Crippen LogP contribution in [0.1, 0.15) is 23.7 Å². The van der Waals surface area contributed by atoms with Crippen LogP contribution >= 0.6 is 0 Å². The number of benzene rings is 1. The van der Waals surface area contributed by atoms with Gasteiger partial charge in [0.05, 0.1) is 22.0 Å². The summed E-state index contributed by atoms with van der Waals surface area (Å²) in [4.78, 5) is 13.0. The van der Waals surface area contributed by atoms with Crippen LogP contribution in [0, 0.1) is 0 Å². The molecule has 0 spiro atoms. The third-order valence-corrected chi connectivity index (χ3v) is 7.10. The van der Waals surface area contributed by atoms with Gasteiger partial charge < -0.3 is 15.5 Å². The van der Waals surface area contributed by atoms with Gasteiger partial charge in [-0.1, -0.05) is 12.1 Å². The highest BCUT2D eigenvalue weighted by Gasteiger charge is 2.21. The number of aromatic nitrogens is 5. The van der Waals surface area contributed by atoms with Gasteiger partial charge >= 0.3 is 0 Å². The van der Waals surface area contributed by atoms with Crippen molar-refractivity contribution >= 4 is 15.7 Å². The molecular weight excluding hydrogens is 442 g/mol. The monoisotopic (exact) mass is 471 g/mol. The standard InChI is InChI=1S/C22H23N7O3S.3H2/c1-13(2)33(30,31)16-8-9-17(25-11-16)18-12-26-20(23)19(27-18)22-29-28-21(32-22)15-6-4-14(5-7-15)10-24-3;;;/h4-9,11-13,24H,10H2,1-3H3,(H2,23,26);3*1H. The highest BCUT2D eigenvalue weighted by atomic mass is 32.2. The maximum Gasteiger partial charge on any atom is 0.270 e. The molecule has 0 amide bonds. The molecule has 0 aliphatic heterocycles. The minimum Gasteiger partial charge on any atom is -0.414 e. The first-order valence-electron chi connectivity index (χ1n) is 10.2. The number of pyridine rings is 1. The van der Waals surface area contributed by atoms with E-state index in [1.807, 2.05) is 31.3 Å². The Balaban J connectivity index is 0.00000216. The molecule has 0 radical (unpaired) electrons. The molecule has 1 aromatic carbocycles. The summed E-state index contributed by atoms with van der Waals surface area (Å²) in [5.74, 6) is 0.571. The Morgan fingerprint density at radius 3 is 2.36 bits per heavy atom. The molecule has 3 aromatic heterocycles. The van der Waals surface area contributed by atoms with Gasteiger partial charge in [-0.15, -0.1) is 10.2 Å². The molecule has 0 bridgehead atoms. The zero-order valence-corrected chi connectivity index (χ0v) is 19.2. The van der Waals surface area contributed by atoms with E-state index in [0.29, 0.717) is 17.3 Å². The van der Waals surface area contributed by atoms with Crippen molar-refractivity contribution in [2.45, 2.75) is 30.5 Å². The van der Waals surface area contributed by atoms with Crippen LogP contribution in [0.15, 0.2) is 58.1 Å². The lowest BCUT2D eigenvalue weighted by Gasteiger charge is -2.08. The van der Waals surface area contributed by atoms with Crippen molar-refractivity contribution in [2.75, 3.05) is 12.8 Å². The Kier molecular flexibility index (Phi) is 6.16. The van der Waals surface area contributed by atoms with E-state index in [1.165, 1.54) is 18.5 Å². The summed E-state index contributed by atoms with van der Waals surface area (Å²) >= 11 is 0. The summed E-state index contributed by atoms with van der Waals surface area (Å²) in [6.45, 7) is 4.00. The minimum atomic E-state index is -3.42. The third-order valence-electron chi connectivity index (χ3n) is 4.96. The summed E-state index contributed by atoms with van der Waals surface area (Å²) in [6.07, 6.45) is 2.76. The highest BCUT2D eigenvalue weighted by Crippen LogP contribution is 2.28. The van der Waals surface area contributed by atoms with Crippen LogP contribution in [-0.4, -0.2) is 45.9 Å². The van der Waals surface area contributed by atoms with Crippen LogP contribution in [0.25, 0.3) is 34.4 Å². The fourth-order valence-electron chi connectivity index (χ4n) is 3.06. The molecule has 4 aromatic rings. The molecule has 0 fully saturated rings. The van der Waals surface area contributed by atoms with Gasteiger partial charge in [0.1, 0.15) is 5.69 Å². The summed E-state index contributed by atoms with van der Waals surface area (Å²) < 4.78 is 30.4. The van der Waals surface area contributed by atoms with Crippen molar-refractivity contribution in [1.29, 1.82) is 0 Å². The van der Waals surface area contributed by atoms with E-state index in [0.717, 1.165) is 17.7 Å². The van der Waals surface area contributed by atoms with Crippen molar-refractivity contribution in [3.8, 4) is 34.4 Å². The minimum absolute atomic E-state index is 0. The Labute approximate surface area is 195 Å². The van der Waals surface area contributed by atoms with Gasteiger partial charge in [-0.25, -0.2) is 18.4 Å². The van der Waals surface area contributed by atoms with Crippen LogP contribution in [0.5, 0.6) is 0 Å². The van der Waals surface area contributed by atoms with Gasteiger partial charge in [0.15, 0.2) is 21.3 Å². The maximum atomic E-state index is 12.3. The third kappa shape index (κ3) is 4.59. The second-order valence-electron chi connectivity index (χ2n) is 7.60. The van der Waals surface area contributed by atoms with E-state index in [2.05, 4.69) is 30.5 Å². The van der Waals surface area contributed by atoms with Crippen LogP contribution in [-0.2, 0) is 16.4 Å². The SMILES string of the molecule is CNCc1ccc(-c2nnc(-c3nc(-c4ccc(S(=O)(=O)C(C)C)cn4)cnc3N)o2)cc1.[HH].[HH].[HH]. The molecule has 0 saturated carbocycles. The van der Waals surface area contributed by atoms with E-state index in [4.69, 9.17) is 10.2 Å². The lowest BCUT2D eigenvalue weighted by Crippen LogP contribution is -2.14. The summed E-state index contributed by atoms with van der Waals surface area (Å²) in [5.41, 5.74) is 8.95. The topological polar surface area (TPSA) is 150 Å². The van der Waals surface area contributed by atoms with E-state index >= 15 is 0 Å². The van der Waals surface area contributed by atoms with Crippen LogP contribution in [0.2, 0.25) is 0 Å². The number of hydrogen-bond acceptors (Lipinski definition) is 10. The van der Waals surface area contributed by atoms with Crippen molar-refractivity contribution in [1.82, 2.24) is 30.5 Å². The normalized spacial score (nSPS) is 11.8.